The molecule has 1 fully saturated rings. The first-order valence-electron chi connectivity index (χ1n) is 8.08. The van der Waals surface area contributed by atoms with Gasteiger partial charge in [0.2, 0.25) is 0 Å². The number of hydrogen-bond acceptors (Lipinski definition) is 5. The number of aryl methyl sites for hydroxylation is 2. The van der Waals surface area contributed by atoms with E-state index in [9.17, 15) is 4.79 Å². The molecule has 0 atom stereocenters. The Labute approximate surface area is 157 Å². The topological polar surface area (TPSA) is 59.9 Å². The Morgan fingerprint density at radius 3 is 2.35 bits per heavy atom. The Morgan fingerprint density at radius 2 is 1.73 bits per heavy atom. The molecule has 0 aliphatic carbocycles. The van der Waals surface area contributed by atoms with Gasteiger partial charge in [0, 0.05) is 6.07 Å². The van der Waals surface area contributed by atoms with E-state index >= 15 is 0 Å². The molecule has 0 bridgehead atoms. The maximum atomic E-state index is 12.3. The minimum absolute atomic E-state index is 0.166. The molecule has 6 heteroatoms. The lowest BCUT2D eigenvalue weighted by atomic mass is 10.1. The Morgan fingerprint density at radius 1 is 1.04 bits per heavy atom. The lowest BCUT2D eigenvalue weighted by molar-refractivity contribution is -0.115. The fraction of sp³-hybridized carbons (Fsp3) is 0.200. The van der Waals surface area contributed by atoms with Crippen LogP contribution in [0.4, 0.5) is 5.69 Å². The van der Waals surface area contributed by atoms with Gasteiger partial charge in [0.1, 0.15) is 11.5 Å². The number of carbonyl (C=O) groups excluding carboxylic acids is 1. The van der Waals surface area contributed by atoms with E-state index in [-0.39, 0.29) is 5.91 Å². The summed E-state index contributed by atoms with van der Waals surface area (Å²) in [4.78, 5) is 17.4. The number of thioether (sulfide) groups is 1. The van der Waals surface area contributed by atoms with Gasteiger partial charge in [0.25, 0.3) is 5.91 Å². The molecule has 0 aromatic heterocycles. The molecule has 1 heterocycles. The molecule has 1 aliphatic rings. The van der Waals surface area contributed by atoms with E-state index in [1.54, 1.807) is 26.4 Å². The zero-order valence-corrected chi connectivity index (χ0v) is 15.9. The molecule has 1 saturated heterocycles. The summed E-state index contributed by atoms with van der Waals surface area (Å²) in [5.74, 6) is 1.17. The summed E-state index contributed by atoms with van der Waals surface area (Å²) in [6, 6.07) is 11.5. The molecule has 5 nitrogen and oxygen atoms in total. The number of carbonyl (C=O) groups is 1. The van der Waals surface area contributed by atoms with Crippen LogP contribution in [0.2, 0.25) is 0 Å². The van der Waals surface area contributed by atoms with Gasteiger partial charge in [-0.25, -0.2) is 4.99 Å². The smallest absolute Gasteiger partial charge is 0.264 e. The van der Waals surface area contributed by atoms with Gasteiger partial charge in [-0.3, -0.25) is 4.79 Å². The van der Waals surface area contributed by atoms with Crippen molar-refractivity contribution in [1.29, 1.82) is 0 Å². The normalized spacial score (nSPS) is 16.8. The van der Waals surface area contributed by atoms with Crippen molar-refractivity contribution in [2.45, 2.75) is 13.8 Å². The van der Waals surface area contributed by atoms with E-state index in [0.29, 0.717) is 21.6 Å². The van der Waals surface area contributed by atoms with Gasteiger partial charge >= 0.3 is 0 Å². The van der Waals surface area contributed by atoms with Gasteiger partial charge in [-0.2, -0.15) is 0 Å². The molecule has 134 valence electrons. The number of ether oxygens (including phenoxy) is 2. The third kappa shape index (κ3) is 4.08. The highest BCUT2D eigenvalue weighted by molar-refractivity contribution is 8.18. The number of nitrogens with one attached hydrogen (secondary N) is 1. The van der Waals surface area contributed by atoms with Gasteiger partial charge in [-0.05, 0) is 61.0 Å². The number of amides is 1. The maximum Gasteiger partial charge on any atom is 0.264 e. The first-order valence-corrected chi connectivity index (χ1v) is 8.90. The SMILES string of the molecule is COc1cc(/C=C2\SC(=Nc3ccc(C)cc3C)NC2=O)cc(OC)c1. The third-order valence-electron chi connectivity index (χ3n) is 3.90. The maximum absolute atomic E-state index is 12.3. The number of hydrogen-bond donors (Lipinski definition) is 1. The Balaban J connectivity index is 1.88. The van der Waals surface area contributed by atoms with Crippen molar-refractivity contribution < 1.29 is 14.3 Å². The summed E-state index contributed by atoms with van der Waals surface area (Å²) >= 11 is 1.32. The Hall–Kier alpha value is -2.73. The quantitative estimate of drug-likeness (QED) is 0.821. The summed E-state index contributed by atoms with van der Waals surface area (Å²) in [6.07, 6.45) is 1.80. The second-order valence-electron chi connectivity index (χ2n) is 5.92. The van der Waals surface area contributed by atoms with Crippen LogP contribution in [0.15, 0.2) is 46.3 Å². The fourth-order valence-electron chi connectivity index (χ4n) is 2.58. The number of amidine groups is 1. The molecule has 0 saturated carbocycles. The highest BCUT2D eigenvalue weighted by atomic mass is 32.2. The van der Waals surface area contributed by atoms with Crippen molar-refractivity contribution in [3.8, 4) is 11.5 Å². The molecule has 0 unspecified atom stereocenters. The summed E-state index contributed by atoms with van der Waals surface area (Å²) in [7, 11) is 3.19. The highest BCUT2D eigenvalue weighted by Gasteiger charge is 2.24. The summed E-state index contributed by atoms with van der Waals surface area (Å²) in [5, 5.41) is 3.39. The minimum atomic E-state index is -0.166. The molecule has 1 aliphatic heterocycles. The van der Waals surface area contributed by atoms with E-state index in [1.807, 2.05) is 38.1 Å². The average Bonchev–Trinajstić information content (AvgIpc) is 2.96. The van der Waals surface area contributed by atoms with Crippen molar-refractivity contribution in [1.82, 2.24) is 5.32 Å². The summed E-state index contributed by atoms with van der Waals surface area (Å²) in [6.45, 7) is 4.05. The number of methoxy groups -OCH3 is 2. The average molecular weight is 368 g/mol. The number of benzene rings is 2. The third-order valence-corrected chi connectivity index (χ3v) is 4.81. The van der Waals surface area contributed by atoms with Gasteiger partial charge in [0.15, 0.2) is 5.17 Å². The van der Waals surface area contributed by atoms with Gasteiger partial charge in [-0.1, -0.05) is 17.7 Å². The van der Waals surface area contributed by atoms with E-state index < -0.39 is 0 Å². The second kappa shape index (κ2) is 7.66. The Bertz CT molecular complexity index is 897. The van der Waals surface area contributed by atoms with Crippen molar-refractivity contribution in [2.24, 2.45) is 4.99 Å². The zero-order chi connectivity index (χ0) is 18.7. The molecule has 26 heavy (non-hydrogen) atoms. The fourth-order valence-corrected chi connectivity index (χ4v) is 3.42. The molecule has 0 radical (unpaired) electrons. The largest absolute Gasteiger partial charge is 0.497 e. The van der Waals surface area contributed by atoms with Crippen LogP contribution >= 0.6 is 11.8 Å². The lowest BCUT2D eigenvalue weighted by Gasteiger charge is -2.06. The number of nitrogens with zero attached hydrogens (tertiary/aromatic N) is 1. The first-order chi connectivity index (χ1) is 12.5. The zero-order valence-electron chi connectivity index (χ0n) is 15.1. The van der Waals surface area contributed by atoms with Gasteiger partial charge in [-0.15, -0.1) is 0 Å². The number of rotatable bonds is 4. The van der Waals surface area contributed by atoms with Gasteiger partial charge < -0.3 is 14.8 Å². The highest BCUT2D eigenvalue weighted by Crippen LogP contribution is 2.31. The van der Waals surface area contributed by atoms with Gasteiger partial charge in [0.05, 0.1) is 24.8 Å². The monoisotopic (exact) mass is 368 g/mol. The molecule has 1 N–H and O–H groups in total. The van der Waals surface area contributed by atoms with Crippen LogP contribution in [0, 0.1) is 13.8 Å². The first kappa shape index (κ1) is 18.1. The molecule has 1 amide bonds. The van der Waals surface area contributed by atoms with E-state index in [1.165, 1.54) is 17.3 Å². The van der Waals surface area contributed by atoms with Crippen LogP contribution in [0.1, 0.15) is 16.7 Å². The van der Waals surface area contributed by atoms with E-state index in [2.05, 4.69) is 16.4 Å². The van der Waals surface area contributed by atoms with E-state index in [0.717, 1.165) is 16.8 Å². The van der Waals surface area contributed by atoms with Crippen molar-refractivity contribution in [3.63, 3.8) is 0 Å². The Kier molecular flexibility index (Phi) is 5.32. The molecule has 0 spiro atoms. The van der Waals surface area contributed by atoms with Crippen LogP contribution < -0.4 is 14.8 Å². The standard InChI is InChI=1S/C20H20N2O3S/c1-12-5-6-17(13(2)7-12)21-20-22-19(23)18(26-20)10-14-8-15(24-3)11-16(9-14)25-4/h5-11H,1-4H3,(H,21,22,23)/b18-10-. The summed E-state index contributed by atoms with van der Waals surface area (Å²) in [5.41, 5.74) is 3.93. The molecular formula is C20H20N2O3S. The van der Waals surface area contributed by atoms with Crippen molar-refractivity contribution in [3.05, 3.63) is 58.0 Å². The molecule has 2 aromatic rings. The van der Waals surface area contributed by atoms with Crippen LogP contribution in [0.3, 0.4) is 0 Å². The van der Waals surface area contributed by atoms with Crippen LogP contribution in [-0.2, 0) is 4.79 Å². The van der Waals surface area contributed by atoms with E-state index in [4.69, 9.17) is 9.47 Å². The minimum Gasteiger partial charge on any atom is -0.497 e. The molecular weight excluding hydrogens is 348 g/mol. The van der Waals surface area contributed by atoms with Crippen LogP contribution in [0.5, 0.6) is 11.5 Å². The predicted molar refractivity (Wildman–Crippen MR) is 106 cm³/mol. The second-order valence-corrected chi connectivity index (χ2v) is 6.95. The molecule has 2 aromatic carbocycles. The lowest BCUT2D eigenvalue weighted by Crippen LogP contribution is -2.19. The summed E-state index contributed by atoms with van der Waals surface area (Å²) < 4.78 is 10.5. The van der Waals surface area contributed by atoms with Crippen molar-refractivity contribution >= 4 is 34.6 Å². The van der Waals surface area contributed by atoms with Crippen LogP contribution in [0.25, 0.3) is 6.08 Å². The number of aliphatic imine (C=N–C) groups is 1. The molecule has 3 rings (SSSR count). The van der Waals surface area contributed by atoms with Crippen LogP contribution in [-0.4, -0.2) is 25.3 Å². The predicted octanol–water partition coefficient (Wildman–Crippen LogP) is 4.21. The van der Waals surface area contributed by atoms with Crippen molar-refractivity contribution in [2.75, 3.05) is 14.2 Å².